The van der Waals surface area contributed by atoms with Gasteiger partial charge in [-0.25, -0.2) is 0 Å². The van der Waals surface area contributed by atoms with E-state index in [2.05, 4.69) is 26.6 Å². The summed E-state index contributed by atoms with van der Waals surface area (Å²) in [5.74, 6) is 0.776. The number of carbonyl (C=O) groups is 1. The van der Waals surface area contributed by atoms with E-state index < -0.39 is 0 Å². The van der Waals surface area contributed by atoms with E-state index in [0.29, 0.717) is 12.5 Å². The molecule has 1 unspecified atom stereocenters. The lowest BCUT2D eigenvalue weighted by molar-refractivity contribution is -0.126. The van der Waals surface area contributed by atoms with Gasteiger partial charge in [-0.3, -0.25) is 4.79 Å². The number of thiophene rings is 1. The minimum absolute atomic E-state index is 0. The fourth-order valence-electron chi connectivity index (χ4n) is 1.66. The molecule has 1 aliphatic heterocycles. The van der Waals surface area contributed by atoms with E-state index >= 15 is 0 Å². The first kappa shape index (κ1) is 15.0. The molecule has 1 fully saturated rings. The zero-order valence-electron chi connectivity index (χ0n) is 9.53. The number of hydrogen-bond acceptors (Lipinski definition) is 3. The van der Waals surface area contributed by atoms with E-state index in [1.807, 2.05) is 18.4 Å². The predicted octanol–water partition coefficient (Wildman–Crippen LogP) is 2.40. The van der Waals surface area contributed by atoms with Crippen molar-refractivity contribution in [2.75, 3.05) is 13.1 Å². The van der Waals surface area contributed by atoms with Crippen molar-refractivity contribution in [3.8, 4) is 0 Å². The Hall–Kier alpha value is -0.100. The highest BCUT2D eigenvalue weighted by atomic mass is 79.9. The first-order valence-corrected chi connectivity index (χ1v) is 7.06. The zero-order valence-corrected chi connectivity index (χ0v) is 12.8. The van der Waals surface area contributed by atoms with E-state index in [1.165, 1.54) is 4.88 Å². The summed E-state index contributed by atoms with van der Waals surface area (Å²) in [5.41, 5.74) is 0. The van der Waals surface area contributed by atoms with Gasteiger partial charge in [0.05, 0.1) is 6.54 Å². The average Bonchev–Trinajstić information content (AvgIpc) is 2.57. The monoisotopic (exact) mass is 338 g/mol. The van der Waals surface area contributed by atoms with E-state index in [-0.39, 0.29) is 24.2 Å². The number of rotatable bonds is 4. The van der Waals surface area contributed by atoms with Crippen LogP contribution in [-0.2, 0) is 11.3 Å². The van der Waals surface area contributed by atoms with E-state index in [9.17, 15) is 4.79 Å². The third kappa shape index (κ3) is 3.68. The lowest BCUT2D eigenvalue weighted by Crippen LogP contribution is -2.49. The smallest absolute Gasteiger partial charge is 0.223 e. The SMILES string of the molecule is CC(C(=O)NCc1sccc1Br)C1CNC1.Cl. The molecule has 2 heterocycles. The molecule has 1 aliphatic rings. The minimum atomic E-state index is 0. The topological polar surface area (TPSA) is 41.1 Å². The van der Waals surface area contributed by atoms with Gasteiger partial charge in [0.2, 0.25) is 5.91 Å². The third-order valence-electron chi connectivity index (χ3n) is 3.05. The number of amides is 1. The molecule has 6 heteroatoms. The van der Waals surface area contributed by atoms with Crippen LogP contribution in [0.2, 0.25) is 0 Å². The molecule has 3 nitrogen and oxygen atoms in total. The second-order valence-corrected chi connectivity index (χ2v) is 5.97. The molecule has 0 aliphatic carbocycles. The maximum absolute atomic E-state index is 11.8. The van der Waals surface area contributed by atoms with Crippen molar-refractivity contribution in [3.05, 3.63) is 20.8 Å². The van der Waals surface area contributed by atoms with Gasteiger partial charge in [0, 0.05) is 15.3 Å². The molecule has 0 radical (unpaired) electrons. The molecule has 0 bridgehead atoms. The van der Waals surface area contributed by atoms with Crippen LogP contribution in [0.4, 0.5) is 0 Å². The van der Waals surface area contributed by atoms with Crippen molar-refractivity contribution in [2.24, 2.45) is 11.8 Å². The Kier molecular flexibility index (Phi) is 5.92. The Morgan fingerprint density at radius 3 is 2.88 bits per heavy atom. The molecule has 17 heavy (non-hydrogen) atoms. The van der Waals surface area contributed by atoms with Crippen LogP contribution in [0.25, 0.3) is 0 Å². The molecule has 1 aromatic heterocycles. The Labute approximate surface area is 120 Å². The Balaban J connectivity index is 0.00000144. The number of carbonyl (C=O) groups excluding carboxylic acids is 1. The standard InChI is InChI=1S/C11H15BrN2OS.ClH/c1-7(8-4-13-5-8)11(15)14-6-10-9(12)2-3-16-10;/h2-3,7-8,13H,4-6H2,1H3,(H,14,15);1H. The second kappa shape index (κ2) is 6.73. The average molecular weight is 340 g/mol. The van der Waals surface area contributed by atoms with Gasteiger partial charge >= 0.3 is 0 Å². The van der Waals surface area contributed by atoms with E-state index in [0.717, 1.165) is 17.6 Å². The van der Waals surface area contributed by atoms with Crippen molar-refractivity contribution in [3.63, 3.8) is 0 Å². The quantitative estimate of drug-likeness (QED) is 0.884. The highest BCUT2D eigenvalue weighted by Crippen LogP contribution is 2.22. The van der Waals surface area contributed by atoms with Gasteiger partial charge in [0.25, 0.3) is 0 Å². The fourth-order valence-corrected chi connectivity index (χ4v) is 3.09. The van der Waals surface area contributed by atoms with Crippen LogP contribution >= 0.6 is 39.7 Å². The Morgan fingerprint density at radius 1 is 1.71 bits per heavy atom. The fraction of sp³-hybridized carbons (Fsp3) is 0.545. The summed E-state index contributed by atoms with van der Waals surface area (Å²) < 4.78 is 1.08. The molecular weight excluding hydrogens is 324 g/mol. The van der Waals surface area contributed by atoms with Crippen LogP contribution in [0, 0.1) is 11.8 Å². The molecule has 2 rings (SSSR count). The molecule has 1 saturated heterocycles. The molecule has 0 spiro atoms. The highest BCUT2D eigenvalue weighted by Gasteiger charge is 2.28. The van der Waals surface area contributed by atoms with Crippen LogP contribution in [0.1, 0.15) is 11.8 Å². The summed E-state index contributed by atoms with van der Waals surface area (Å²) in [6, 6.07) is 2.01. The molecule has 96 valence electrons. The van der Waals surface area contributed by atoms with Crippen molar-refractivity contribution in [2.45, 2.75) is 13.5 Å². The van der Waals surface area contributed by atoms with Crippen LogP contribution in [0.15, 0.2) is 15.9 Å². The highest BCUT2D eigenvalue weighted by molar-refractivity contribution is 9.10. The second-order valence-electron chi connectivity index (χ2n) is 4.12. The van der Waals surface area contributed by atoms with Gasteiger partial charge in [0.15, 0.2) is 0 Å². The van der Waals surface area contributed by atoms with Crippen molar-refractivity contribution in [1.29, 1.82) is 0 Å². The maximum Gasteiger partial charge on any atom is 0.223 e. The van der Waals surface area contributed by atoms with Gasteiger partial charge in [-0.1, -0.05) is 6.92 Å². The Bertz CT molecular complexity index is 381. The number of halogens is 2. The minimum Gasteiger partial charge on any atom is -0.351 e. The van der Waals surface area contributed by atoms with Gasteiger partial charge in [-0.05, 0) is 46.4 Å². The first-order chi connectivity index (χ1) is 7.68. The summed E-state index contributed by atoms with van der Waals surface area (Å²) in [6.45, 7) is 4.57. The molecule has 1 amide bonds. The Morgan fingerprint density at radius 2 is 2.41 bits per heavy atom. The van der Waals surface area contributed by atoms with Gasteiger partial charge < -0.3 is 10.6 Å². The van der Waals surface area contributed by atoms with Crippen LogP contribution < -0.4 is 10.6 Å². The summed E-state index contributed by atoms with van der Waals surface area (Å²) >= 11 is 5.11. The molecule has 1 aromatic rings. The lowest BCUT2D eigenvalue weighted by Gasteiger charge is -2.31. The number of nitrogens with one attached hydrogen (secondary N) is 2. The third-order valence-corrected chi connectivity index (χ3v) is 4.97. The summed E-state index contributed by atoms with van der Waals surface area (Å²) in [6.07, 6.45) is 0. The van der Waals surface area contributed by atoms with Crippen LogP contribution in [0.3, 0.4) is 0 Å². The summed E-state index contributed by atoms with van der Waals surface area (Å²) in [4.78, 5) is 13.0. The van der Waals surface area contributed by atoms with E-state index in [4.69, 9.17) is 0 Å². The maximum atomic E-state index is 11.8. The zero-order chi connectivity index (χ0) is 11.5. The lowest BCUT2D eigenvalue weighted by atomic mass is 9.88. The van der Waals surface area contributed by atoms with Crippen LogP contribution in [-0.4, -0.2) is 19.0 Å². The molecule has 0 aromatic carbocycles. The molecular formula is C11H16BrClN2OS. The predicted molar refractivity (Wildman–Crippen MR) is 76.6 cm³/mol. The van der Waals surface area contributed by atoms with Crippen molar-refractivity contribution < 1.29 is 4.79 Å². The van der Waals surface area contributed by atoms with Crippen molar-refractivity contribution in [1.82, 2.24) is 10.6 Å². The molecule has 0 saturated carbocycles. The normalized spacial score (nSPS) is 16.8. The summed E-state index contributed by atoms with van der Waals surface area (Å²) in [5, 5.41) is 8.20. The van der Waals surface area contributed by atoms with Gasteiger partial charge in [-0.2, -0.15) is 0 Å². The largest absolute Gasteiger partial charge is 0.351 e. The van der Waals surface area contributed by atoms with Crippen molar-refractivity contribution >= 4 is 45.6 Å². The van der Waals surface area contributed by atoms with Gasteiger partial charge in [-0.15, -0.1) is 23.7 Å². The number of hydrogen-bond donors (Lipinski definition) is 2. The van der Waals surface area contributed by atoms with E-state index in [1.54, 1.807) is 11.3 Å². The van der Waals surface area contributed by atoms with Gasteiger partial charge in [0.1, 0.15) is 0 Å². The summed E-state index contributed by atoms with van der Waals surface area (Å²) in [7, 11) is 0. The molecule has 1 atom stereocenters. The first-order valence-electron chi connectivity index (χ1n) is 5.39. The molecule has 2 N–H and O–H groups in total. The van der Waals surface area contributed by atoms with Crippen LogP contribution in [0.5, 0.6) is 0 Å².